The van der Waals surface area contributed by atoms with Crippen molar-refractivity contribution in [1.82, 2.24) is 0 Å². The standard InChI is InChI=1S/C16H12ClN3O/c17-14-7-12(9-19)3-6-15(14)20-10-16(21)13-4-1-11(8-18)2-5-13/h1-7,16,20-21H,10H2. The Morgan fingerprint density at radius 2 is 1.67 bits per heavy atom. The molecule has 0 saturated heterocycles. The summed E-state index contributed by atoms with van der Waals surface area (Å²) in [6, 6.07) is 15.7. The number of hydrogen-bond donors (Lipinski definition) is 2. The Morgan fingerprint density at radius 1 is 1.05 bits per heavy atom. The van der Waals surface area contributed by atoms with Crippen LogP contribution in [0.2, 0.25) is 5.02 Å². The van der Waals surface area contributed by atoms with E-state index >= 15 is 0 Å². The Balaban J connectivity index is 2.02. The maximum atomic E-state index is 10.1. The van der Waals surface area contributed by atoms with E-state index in [4.69, 9.17) is 22.1 Å². The number of halogens is 1. The number of aliphatic hydroxyl groups excluding tert-OH is 1. The van der Waals surface area contributed by atoms with Gasteiger partial charge in [-0.3, -0.25) is 0 Å². The zero-order chi connectivity index (χ0) is 15.2. The van der Waals surface area contributed by atoms with Gasteiger partial charge in [0.05, 0.1) is 40.1 Å². The van der Waals surface area contributed by atoms with Crippen LogP contribution in [0.15, 0.2) is 42.5 Å². The van der Waals surface area contributed by atoms with Crippen LogP contribution in [0.5, 0.6) is 0 Å². The van der Waals surface area contributed by atoms with Gasteiger partial charge in [-0.1, -0.05) is 23.7 Å². The normalized spacial score (nSPS) is 11.2. The van der Waals surface area contributed by atoms with Crippen molar-refractivity contribution in [2.75, 3.05) is 11.9 Å². The molecule has 2 rings (SSSR count). The van der Waals surface area contributed by atoms with Crippen molar-refractivity contribution in [3.8, 4) is 12.1 Å². The highest BCUT2D eigenvalue weighted by atomic mass is 35.5. The average molecular weight is 298 g/mol. The average Bonchev–Trinajstić information content (AvgIpc) is 2.53. The number of nitrogens with one attached hydrogen (secondary N) is 1. The Hall–Kier alpha value is -2.53. The lowest BCUT2D eigenvalue weighted by Crippen LogP contribution is -2.12. The van der Waals surface area contributed by atoms with E-state index in [1.807, 2.05) is 12.1 Å². The smallest absolute Gasteiger partial charge is 0.0992 e. The van der Waals surface area contributed by atoms with Gasteiger partial charge in [-0.15, -0.1) is 0 Å². The van der Waals surface area contributed by atoms with Crippen LogP contribution in [-0.4, -0.2) is 11.7 Å². The molecule has 0 radical (unpaired) electrons. The van der Waals surface area contributed by atoms with E-state index in [1.165, 1.54) is 0 Å². The van der Waals surface area contributed by atoms with E-state index in [9.17, 15) is 5.11 Å². The summed E-state index contributed by atoms with van der Waals surface area (Å²) in [6.45, 7) is 0.275. The molecule has 0 amide bonds. The van der Waals surface area contributed by atoms with Gasteiger partial charge in [0.2, 0.25) is 0 Å². The molecule has 0 aliphatic carbocycles. The molecule has 2 aromatic rings. The highest BCUT2D eigenvalue weighted by Crippen LogP contribution is 2.24. The van der Waals surface area contributed by atoms with Crippen molar-refractivity contribution in [2.45, 2.75) is 6.10 Å². The van der Waals surface area contributed by atoms with Crippen LogP contribution in [-0.2, 0) is 0 Å². The molecule has 0 aliphatic heterocycles. The first-order valence-electron chi connectivity index (χ1n) is 6.25. The largest absolute Gasteiger partial charge is 0.387 e. The number of benzene rings is 2. The lowest BCUT2D eigenvalue weighted by molar-refractivity contribution is 0.191. The number of hydrogen-bond acceptors (Lipinski definition) is 4. The van der Waals surface area contributed by atoms with Gasteiger partial charge in [0.1, 0.15) is 0 Å². The van der Waals surface area contributed by atoms with Gasteiger partial charge in [0, 0.05) is 6.54 Å². The first-order chi connectivity index (χ1) is 10.1. The fraction of sp³-hybridized carbons (Fsp3) is 0.125. The van der Waals surface area contributed by atoms with Crippen LogP contribution in [0.25, 0.3) is 0 Å². The Kier molecular flexibility index (Phi) is 4.79. The second-order valence-corrected chi connectivity index (χ2v) is 4.84. The third kappa shape index (κ3) is 3.73. The molecule has 0 aromatic heterocycles. The van der Waals surface area contributed by atoms with Gasteiger partial charge in [-0.05, 0) is 35.9 Å². The van der Waals surface area contributed by atoms with E-state index in [2.05, 4.69) is 5.32 Å². The molecule has 2 N–H and O–H groups in total. The summed E-state index contributed by atoms with van der Waals surface area (Å²) in [6.07, 6.45) is -0.718. The Bertz CT molecular complexity index is 714. The van der Waals surface area contributed by atoms with E-state index in [-0.39, 0.29) is 6.54 Å². The molecule has 2 aromatic carbocycles. The van der Waals surface area contributed by atoms with E-state index in [1.54, 1.807) is 42.5 Å². The molecule has 21 heavy (non-hydrogen) atoms. The zero-order valence-corrected chi connectivity index (χ0v) is 11.8. The molecule has 1 unspecified atom stereocenters. The summed E-state index contributed by atoms with van der Waals surface area (Å²) >= 11 is 6.05. The first-order valence-corrected chi connectivity index (χ1v) is 6.63. The lowest BCUT2D eigenvalue weighted by atomic mass is 10.1. The Morgan fingerprint density at radius 3 is 2.24 bits per heavy atom. The van der Waals surface area contributed by atoms with Gasteiger partial charge in [0.25, 0.3) is 0 Å². The molecular formula is C16H12ClN3O. The van der Waals surface area contributed by atoms with Crippen molar-refractivity contribution in [3.63, 3.8) is 0 Å². The number of nitrogens with zero attached hydrogens (tertiary/aromatic N) is 2. The lowest BCUT2D eigenvalue weighted by Gasteiger charge is -2.14. The second kappa shape index (κ2) is 6.76. The minimum Gasteiger partial charge on any atom is -0.387 e. The number of rotatable bonds is 4. The van der Waals surface area contributed by atoms with Crippen molar-refractivity contribution in [1.29, 1.82) is 10.5 Å². The van der Waals surface area contributed by atoms with E-state index < -0.39 is 6.10 Å². The van der Waals surface area contributed by atoms with Crippen LogP contribution < -0.4 is 5.32 Å². The van der Waals surface area contributed by atoms with Gasteiger partial charge < -0.3 is 10.4 Å². The van der Waals surface area contributed by atoms with Gasteiger partial charge in [-0.25, -0.2) is 0 Å². The summed E-state index contributed by atoms with van der Waals surface area (Å²) in [5.41, 5.74) is 2.40. The molecule has 0 aliphatic rings. The quantitative estimate of drug-likeness (QED) is 0.908. The molecule has 1 atom stereocenters. The molecular weight excluding hydrogens is 286 g/mol. The highest BCUT2D eigenvalue weighted by Gasteiger charge is 2.09. The van der Waals surface area contributed by atoms with Crippen molar-refractivity contribution in [2.24, 2.45) is 0 Å². The summed E-state index contributed by atoms with van der Waals surface area (Å²) in [5, 5.41) is 31.1. The minimum absolute atomic E-state index is 0.275. The molecule has 0 saturated carbocycles. The maximum absolute atomic E-state index is 10.1. The van der Waals surface area contributed by atoms with Crippen LogP contribution in [0.1, 0.15) is 22.8 Å². The van der Waals surface area contributed by atoms with E-state index in [0.717, 1.165) is 0 Å². The molecule has 0 heterocycles. The molecule has 5 heteroatoms. The molecule has 0 fully saturated rings. The van der Waals surface area contributed by atoms with Crippen LogP contribution in [0.3, 0.4) is 0 Å². The fourth-order valence-corrected chi connectivity index (χ4v) is 2.08. The summed E-state index contributed by atoms with van der Waals surface area (Å²) in [7, 11) is 0. The highest BCUT2D eigenvalue weighted by molar-refractivity contribution is 6.33. The van der Waals surface area contributed by atoms with Crippen LogP contribution in [0.4, 0.5) is 5.69 Å². The maximum Gasteiger partial charge on any atom is 0.0992 e. The third-order valence-corrected chi connectivity index (χ3v) is 3.32. The topological polar surface area (TPSA) is 79.8 Å². The van der Waals surface area contributed by atoms with Crippen molar-refractivity contribution < 1.29 is 5.11 Å². The number of anilines is 1. The van der Waals surface area contributed by atoms with Crippen molar-refractivity contribution in [3.05, 3.63) is 64.2 Å². The summed E-state index contributed by atoms with van der Waals surface area (Å²) in [4.78, 5) is 0. The molecule has 0 bridgehead atoms. The van der Waals surface area contributed by atoms with Gasteiger partial charge in [0.15, 0.2) is 0 Å². The van der Waals surface area contributed by atoms with Gasteiger partial charge >= 0.3 is 0 Å². The minimum atomic E-state index is -0.718. The van der Waals surface area contributed by atoms with E-state index in [0.29, 0.717) is 27.4 Å². The monoisotopic (exact) mass is 297 g/mol. The summed E-state index contributed by atoms with van der Waals surface area (Å²) < 4.78 is 0. The van der Waals surface area contributed by atoms with Crippen molar-refractivity contribution >= 4 is 17.3 Å². The van der Waals surface area contributed by atoms with Crippen LogP contribution >= 0.6 is 11.6 Å². The SMILES string of the molecule is N#Cc1ccc(C(O)CNc2ccc(C#N)cc2Cl)cc1. The second-order valence-electron chi connectivity index (χ2n) is 4.44. The first kappa shape index (κ1) is 14.9. The molecule has 104 valence electrons. The fourth-order valence-electron chi connectivity index (χ4n) is 1.83. The third-order valence-electron chi connectivity index (χ3n) is 3.01. The predicted molar refractivity (Wildman–Crippen MR) is 80.8 cm³/mol. The number of aliphatic hydroxyl groups is 1. The number of nitriles is 2. The molecule has 0 spiro atoms. The van der Waals surface area contributed by atoms with Gasteiger partial charge in [-0.2, -0.15) is 10.5 Å². The zero-order valence-electron chi connectivity index (χ0n) is 11.0. The predicted octanol–water partition coefficient (Wildman–Crippen LogP) is 3.23. The summed E-state index contributed by atoms with van der Waals surface area (Å²) in [5.74, 6) is 0. The molecule has 4 nitrogen and oxygen atoms in total. The van der Waals surface area contributed by atoms with Crippen LogP contribution in [0, 0.1) is 22.7 Å². The Labute approximate surface area is 127 Å².